The molecule has 1 N–H and O–H groups in total. The summed E-state index contributed by atoms with van der Waals surface area (Å²) in [5.41, 5.74) is 1.73. The first-order valence-electron chi connectivity index (χ1n) is 8.82. The predicted molar refractivity (Wildman–Crippen MR) is 105 cm³/mol. The van der Waals surface area contributed by atoms with Gasteiger partial charge in [0.25, 0.3) is 5.69 Å². The minimum Gasteiger partial charge on any atom is -0.466 e. The third-order valence-electron chi connectivity index (χ3n) is 4.72. The van der Waals surface area contributed by atoms with Crippen molar-refractivity contribution in [1.29, 1.82) is 0 Å². The second-order valence-electron chi connectivity index (χ2n) is 6.44. The van der Waals surface area contributed by atoms with Crippen molar-refractivity contribution in [2.24, 2.45) is 0 Å². The zero-order chi connectivity index (χ0) is 20.5. The molecule has 0 bridgehead atoms. The number of benzene rings is 2. The zero-order valence-corrected chi connectivity index (χ0v) is 15.7. The van der Waals surface area contributed by atoms with E-state index < -0.39 is 16.9 Å². The number of nitrogens with zero attached hydrogens (tertiary/aromatic N) is 4. The first kappa shape index (κ1) is 18.4. The second kappa shape index (κ2) is 7.19. The molecule has 146 valence electrons. The lowest BCUT2D eigenvalue weighted by molar-refractivity contribution is -0.385. The smallest absolute Gasteiger partial charge is 0.338 e. The number of nitro groups is 1. The number of anilines is 1. The van der Waals surface area contributed by atoms with Crippen molar-refractivity contribution in [2.75, 3.05) is 12.4 Å². The van der Waals surface area contributed by atoms with Gasteiger partial charge >= 0.3 is 5.97 Å². The van der Waals surface area contributed by atoms with Crippen LogP contribution < -0.4 is 5.32 Å². The van der Waals surface area contributed by atoms with Gasteiger partial charge in [-0.15, -0.1) is 5.10 Å². The summed E-state index contributed by atoms with van der Waals surface area (Å²) in [6.07, 6.45) is 0. The van der Waals surface area contributed by atoms with Crippen LogP contribution >= 0.6 is 0 Å². The third kappa shape index (κ3) is 3.12. The highest BCUT2D eigenvalue weighted by Crippen LogP contribution is 2.39. The van der Waals surface area contributed by atoms with Crippen LogP contribution in [-0.4, -0.2) is 32.8 Å². The van der Waals surface area contributed by atoms with E-state index in [1.165, 1.54) is 17.9 Å². The van der Waals surface area contributed by atoms with Crippen molar-refractivity contribution in [3.8, 4) is 11.4 Å². The molecule has 1 atom stereocenters. The van der Waals surface area contributed by atoms with E-state index in [0.29, 0.717) is 23.0 Å². The number of methoxy groups -OCH3 is 1. The van der Waals surface area contributed by atoms with Gasteiger partial charge in [0, 0.05) is 17.3 Å². The van der Waals surface area contributed by atoms with Gasteiger partial charge in [0.1, 0.15) is 6.04 Å². The fourth-order valence-electron chi connectivity index (χ4n) is 3.41. The maximum absolute atomic E-state index is 12.6. The average Bonchev–Trinajstić information content (AvgIpc) is 3.16. The number of nitro benzene ring substituents is 1. The third-order valence-corrected chi connectivity index (χ3v) is 4.72. The second-order valence-corrected chi connectivity index (χ2v) is 6.44. The Bertz CT molecular complexity index is 1140. The first-order chi connectivity index (χ1) is 14.0. The standard InChI is InChI=1S/C20H17N5O4/c1-12-16(19(26)29-2)17(14-10-6-7-11-15(14)25(27)28)24-20(21-12)22-18(23-24)13-8-4-3-5-9-13/h3-11,17H,1-2H3,(H,21,22,23). The largest absolute Gasteiger partial charge is 0.466 e. The molecule has 2 aromatic carbocycles. The number of aromatic nitrogens is 3. The Kier molecular flexibility index (Phi) is 4.55. The number of rotatable bonds is 4. The molecule has 9 nitrogen and oxygen atoms in total. The van der Waals surface area contributed by atoms with Crippen LogP contribution in [0, 0.1) is 10.1 Å². The molecule has 0 radical (unpaired) electrons. The maximum Gasteiger partial charge on any atom is 0.338 e. The van der Waals surface area contributed by atoms with Crippen LogP contribution in [-0.2, 0) is 9.53 Å². The summed E-state index contributed by atoms with van der Waals surface area (Å²) < 4.78 is 6.44. The Morgan fingerprint density at radius 3 is 2.55 bits per heavy atom. The number of nitrogens with one attached hydrogen (secondary N) is 1. The number of carbonyl (C=O) groups excluding carboxylic acids is 1. The van der Waals surface area contributed by atoms with E-state index in [4.69, 9.17) is 4.74 Å². The van der Waals surface area contributed by atoms with Crippen LogP contribution in [0.25, 0.3) is 11.4 Å². The Labute approximate surface area is 165 Å². The topological polar surface area (TPSA) is 112 Å². The van der Waals surface area contributed by atoms with Crippen LogP contribution in [0.4, 0.5) is 11.6 Å². The van der Waals surface area contributed by atoms with E-state index >= 15 is 0 Å². The van der Waals surface area contributed by atoms with Gasteiger partial charge in [-0.3, -0.25) is 10.1 Å². The predicted octanol–water partition coefficient (Wildman–Crippen LogP) is 3.32. The molecular weight excluding hydrogens is 374 g/mol. The Morgan fingerprint density at radius 1 is 1.17 bits per heavy atom. The summed E-state index contributed by atoms with van der Waals surface area (Å²) in [6, 6.07) is 14.8. The normalized spacial score (nSPS) is 15.4. The highest BCUT2D eigenvalue weighted by Gasteiger charge is 2.38. The van der Waals surface area contributed by atoms with Crippen molar-refractivity contribution >= 4 is 17.6 Å². The molecule has 2 heterocycles. The zero-order valence-electron chi connectivity index (χ0n) is 15.7. The lowest BCUT2D eigenvalue weighted by Gasteiger charge is -2.27. The van der Waals surface area contributed by atoms with Crippen molar-refractivity contribution in [3.63, 3.8) is 0 Å². The highest BCUT2D eigenvalue weighted by atomic mass is 16.6. The molecule has 4 rings (SSSR count). The van der Waals surface area contributed by atoms with Crippen molar-refractivity contribution in [3.05, 3.63) is 81.5 Å². The SMILES string of the molecule is COC(=O)C1=C(C)Nc2nc(-c3ccccc3)nn2C1c1ccccc1[N+](=O)[O-]. The average molecular weight is 391 g/mol. The molecule has 0 aliphatic carbocycles. The van der Waals surface area contributed by atoms with Gasteiger partial charge in [0.05, 0.1) is 23.2 Å². The van der Waals surface area contributed by atoms with E-state index in [0.717, 1.165) is 5.56 Å². The molecule has 0 saturated heterocycles. The van der Waals surface area contributed by atoms with E-state index in [1.54, 1.807) is 25.1 Å². The number of ether oxygens (including phenoxy) is 1. The van der Waals surface area contributed by atoms with E-state index in [1.807, 2.05) is 30.3 Å². The molecule has 3 aromatic rings. The van der Waals surface area contributed by atoms with Crippen LogP contribution in [0.1, 0.15) is 18.5 Å². The number of hydrogen-bond donors (Lipinski definition) is 1. The monoisotopic (exact) mass is 391 g/mol. The number of allylic oxidation sites excluding steroid dienone is 1. The molecule has 0 amide bonds. The molecule has 1 unspecified atom stereocenters. The lowest BCUT2D eigenvalue weighted by atomic mass is 9.94. The van der Waals surface area contributed by atoms with Crippen LogP contribution in [0.2, 0.25) is 0 Å². The van der Waals surface area contributed by atoms with E-state index in [2.05, 4.69) is 15.4 Å². The number of esters is 1. The summed E-state index contributed by atoms with van der Waals surface area (Å²) in [6.45, 7) is 1.70. The van der Waals surface area contributed by atoms with Crippen LogP contribution in [0.15, 0.2) is 65.9 Å². The molecule has 0 spiro atoms. The summed E-state index contributed by atoms with van der Waals surface area (Å²) in [5, 5.41) is 19.3. The maximum atomic E-state index is 12.6. The Balaban J connectivity index is 1.95. The van der Waals surface area contributed by atoms with Gasteiger partial charge in [-0.1, -0.05) is 42.5 Å². The number of para-hydroxylation sites is 1. The molecule has 29 heavy (non-hydrogen) atoms. The quantitative estimate of drug-likeness (QED) is 0.412. The fourth-order valence-corrected chi connectivity index (χ4v) is 3.41. The summed E-state index contributed by atoms with van der Waals surface area (Å²) in [4.78, 5) is 28.3. The number of carbonyl (C=O) groups is 1. The van der Waals surface area contributed by atoms with Crippen LogP contribution in [0.5, 0.6) is 0 Å². The summed E-state index contributed by atoms with van der Waals surface area (Å²) in [7, 11) is 1.27. The highest BCUT2D eigenvalue weighted by molar-refractivity contribution is 5.92. The Hall–Kier alpha value is -4.01. The van der Waals surface area contributed by atoms with Gasteiger partial charge in [0.15, 0.2) is 5.82 Å². The molecular formula is C20H17N5O4. The molecule has 1 aliphatic heterocycles. The molecule has 9 heteroatoms. The number of hydrogen-bond acceptors (Lipinski definition) is 7. The van der Waals surface area contributed by atoms with E-state index in [-0.39, 0.29) is 11.3 Å². The minimum atomic E-state index is -0.856. The molecule has 1 aliphatic rings. The van der Waals surface area contributed by atoms with Gasteiger partial charge in [0.2, 0.25) is 5.95 Å². The van der Waals surface area contributed by atoms with Crippen LogP contribution in [0.3, 0.4) is 0 Å². The number of fused-ring (bicyclic) bond motifs is 1. The van der Waals surface area contributed by atoms with Gasteiger partial charge in [-0.25, -0.2) is 9.48 Å². The minimum absolute atomic E-state index is 0.115. The summed E-state index contributed by atoms with van der Waals surface area (Å²) >= 11 is 0. The van der Waals surface area contributed by atoms with Gasteiger partial charge in [-0.2, -0.15) is 4.98 Å². The van der Waals surface area contributed by atoms with Crippen molar-refractivity contribution in [2.45, 2.75) is 13.0 Å². The fraction of sp³-hybridized carbons (Fsp3) is 0.150. The van der Waals surface area contributed by atoms with Gasteiger partial charge < -0.3 is 10.1 Å². The first-order valence-corrected chi connectivity index (χ1v) is 8.82. The lowest BCUT2D eigenvalue weighted by Crippen LogP contribution is -2.29. The van der Waals surface area contributed by atoms with E-state index in [9.17, 15) is 14.9 Å². The molecule has 0 saturated carbocycles. The van der Waals surface area contributed by atoms with Crippen molar-refractivity contribution < 1.29 is 14.5 Å². The van der Waals surface area contributed by atoms with Crippen molar-refractivity contribution in [1.82, 2.24) is 14.8 Å². The molecule has 0 fully saturated rings. The van der Waals surface area contributed by atoms with Gasteiger partial charge in [-0.05, 0) is 13.0 Å². The molecule has 1 aromatic heterocycles. The Morgan fingerprint density at radius 2 is 1.86 bits per heavy atom. The summed E-state index contributed by atoms with van der Waals surface area (Å²) in [5.74, 6) is 0.230.